The van der Waals surface area contributed by atoms with Gasteiger partial charge in [-0.3, -0.25) is 0 Å². The van der Waals surface area contributed by atoms with Crippen molar-refractivity contribution in [1.82, 2.24) is 4.90 Å². The fourth-order valence-corrected chi connectivity index (χ4v) is 3.05. The van der Waals surface area contributed by atoms with Crippen LogP contribution >= 0.6 is 11.6 Å². The molecule has 0 radical (unpaired) electrons. The molecule has 2 aromatic rings. The van der Waals surface area contributed by atoms with Crippen molar-refractivity contribution < 1.29 is 9.18 Å². The highest BCUT2D eigenvalue weighted by molar-refractivity contribution is 6.31. The topological polar surface area (TPSA) is 35.6 Å². The largest absolute Gasteiger partial charge is 0.368 e. The maximum absolute atomic E-state index is 13.3. The van der Waals surface area contributed by atoms with Gasteiger partial charge in [0.2, 0.25) is 0 Å². The van der Waals surface area contributed by atoms with Crippen LogP contribution in [-0.4, -0.2) is 37.1 Å². The second-order valence-electron chi connectivity index (χ2n) is 6.30. The molecule has 1 heterocycles. The number of urea groups is 1. The summed E-state index contributed by atoms with van der Waals surface area (Å²) >= 11 is 5.85. The van der Waals surface area contributed by atoms with Crippen molar-refractivity contribution in [3.8, 4) is 0 Å². The van der Waals surface area contributed by atoms with Crippen LogP contribution < -0.4 is 10.2 Å². The molecule has 1 saturated heterocycles. The molecular weight excluding hydrogens is 341 g/mol. The number of carbonyl (C=O) groups is 1. The summed E-state index contributed by atoms with van der Waals surface area (Å²) in [6, 6.07) is 10.5. The zero-order valence-corrected chi connectivity index (χ0v) is 15.1. The predicted molar refractivity (Wildman–Crippen MR) is 100 cm³/mol. The number of halogens is 2. The zero-order chi connectivity index (χ0) is 18.0. The van der Waals surface area contributed by atoms with E-state index in [4.69, 9.17) is 11.6 Å². The van der Waals surface area contributed by atoms with E-state index in [9.17, 15) is 9.18 Å². The molecule has 3 rings (SSSR count). The molecule has 132 valence electrons. The van der Waals surface area contributed by atoms with Crippen molar-refractivity contribution in [2.75, 3.05) is 36.4 Å². The van der Waals surface area contributed by atoms with Crippen LogP contribution in [0.15, 0.2) is 36.4 Å². The molecule has 0 atom stereocenters. The van der Waals surface area contributed by atoms with Gasteiger partial charge in [-0.2, -0.15) is 0 Å². The van der Waals surface area contributed by atoms with Gasteiger partial charge >= 0.3 is 6.03 Å². The highest BCUT2D eigenvalue weighted by atomic mass is 35.5. The van der Waals surface area contributed by atoms with Crippen LogP contribution in [0.3, 0.4) is 0 Å². The summed E-state index contributed by atoms with van der Waals surface area (Å²) in [7, 11) is 0. The molecule has 1 aliphatic rings. The number of hydrogen-bond donors (Lipinski definition) is 1. The number of carbonyl (C=O) groups excluding carboxylic acids is 1. The van der Waals surface area contributed by atoms with Gasteiger partial charge in [-0.1, -0.05) is 17.7 Å². The van der Waals surface area contributed by atoms with Gasteiger partial charge in [0.15, 0.2) is 0 Å². The van der Waals surface area contributed by atoms with Crippen LogP contribution in [-0.2, 0) is 0 Å². The lowest BCUT2D eigenvalue weighted by Crippen LogP contribution is -2.50. The van der Waals surface area contributed by atoms with Gasteiger partial charge in [-0.15, -0.1) is 0 Å². The fourth-order valence-electron chi connectivity index (χ4n) is 2.87. The molecule has 0 spiro atoms. The van der Waals surface area contributed by atoms with Crippen molar-refractivity contribution in [3.05, 3.63) is 58.4 Å². The first kappa shape index (κ1) is 17.5. The maximum atomic E-state index is 13.3. The number of hydrogen-bond acceptors (Lipinski definition) is 2. The number of rotatable bonds is 2. The lowest BCUT2D eigenvalue weighted by atomic mass is 10.1. The molecule has 0 bridgehead atoms. The minimum Gasteiger partial charge on any atom is -0.368 e. The molecule has 0 saturated carbocycles. The van der Waals surface area contributed by atoms with Crippen LogP contribution in [0.2, 0.25) is 5.02 Å². The third kappa shape index (κ3) is 4.04. The molecule has 4 nitrogen and oxygen atoms in total. The van der Waals surface area contributed by atoms with Crippen molar-refractivity contribution >= 4 is 29.0 Å². The van der Waals surface area contributed by atoms with Crippen LogP contribution in [0.5, 0.6) is 0 Å². The Kier molecular flexibility index (Phi) is 5.13. The number of anilines is 2. The van der Waals surface area contributed by atoms with Crippen molar-refractivity contribution in [1.29, 1.82) is 0 Å². The van der Waals surface area contributed by atoms with Gasteiger partial charge in [-0.25, -0.2) is 9.18 Å². The molecule has 1 aliphatic heterocycles. The second kappa shape index (κ2) is 7.31. The monoisotopic (exact) mass is 361 g/mol. The first-order valence-corrected chi connectivity index (χ1v) is 8.65. The Balaban J connectivity index is 1.58. The first-order valence-electron chi connectivity index (χ1n) is 8.27. The van der Waals surface area contributed by atoms with Crippen LogP contribution in [0.1, 0.15) is 11.1 Å². The summed E-state index contributed by atoms with van der Waals surface area (Å²) in [6.07, 6.45) is 0. The highest BCUT2D eigenvalue weighted by Crippen LogP contribution is 2.24. The molecule has 1 N–H and O–H groups in total. The van der Waals surface area contributed by atoms with Gasteiger partial charge in [0.05, 0.1) is 5.02 Å². The summed E-state index contributed by atoms with van der Waals surface area (Å²) in [5, 5.41) is 3.07. The zero-order valence-electron chi connectivity index (χ0n) is 14.4. The highest BCUT2D eigenvalue weighted by Gasteiger charge is 2.22. The Labute approximate surface area is 152 Å². The molecule has 0 aromatic heterocycles. The van der Waals surface area contributed by atoms with E-state index in [-0.39, 0.29) is 11.1 Å². The van der Waals surface area contributed by atoms with Gasteiger partial charge < -0.3 is 15.1 Å². The molecule has 2 aromatic carbocycles. The Morgan fingerprint density at radius 2 is 1.76 bits per heavy atom. The molecule has 1 fully saturated rings. The predicted octanol–water partition coefficient (Wildman–Crippen LogP) is 4.45. The quantitative estimate of drug-likeness (QED) is 0.857. The molecule has 6 heteroatoms. The number of nitrogens with zero attached hydrogens (tertiary/aromatic N) is 2. The Morgan fingerprint density at radius 1 is 1.04 bits per heavy atom. The van der Waals surface area contributed by atoms with Crippen LogP contribution in [0.25, 0.3) is 0 Å². The van der Waals surface area contributed by atoms with Crippen LogP contribution in [0.4, 0.5) is 20.6 Å². The fraction of sp³-hybridized carbons (Fsp3) is 0.316. The Hall–Kier alpha value is -2.27. The van der Waals surface area contributed by atoms with E-state index in [1.807, 2.05) is 32.0 Å². The number of piperazine rings is 1. The number of benzene rings is 2. The number of aryl methyl sites for hydroxylation is 2. The molecule has 0 aliphatic carbocycles. The number of nitrogens with one attached hydrogen (secondary N) is 1. The lowest BCUT2D eigenvalue weighted by molar-refractivity contribution is 0.208. The van der Waals surface area contributed by atoms with Crippen molar-refractivity contribution in [3.63, 3.8) is 0 Å². The maximum Gasteiger partial charge on any atom is 0.321 e. The Morgan fingerprint density at radius 3 is 2.40 bits per heavy atom. The van der Waals surface area contributed by atoms with Gasteiger partial charge in [0.25, 0.3) is 0 Å². The van der Waals surface area contributed by atoms with E-state index >= 15 is 0 Å². The van der Waals surface area contributed by atoms with Gasteiger partial charge in [-0.05, 0) is 55.3 Å². The van der Waals surface area contributed by atoms with E-state index in [2.05, 4.69) is 10.2 Å². The molecule has 0 unspecified atom stereocenters. The second-order valence-corrected chi connectivity index (χ2v) is 6.71. The van der Waals surface area contributed by atoms with E-state index in [1.165, 1.54) is 11.6 Å². The summed E-state index contributed by atoms with van der Waals surface area (Å²) in [4.78, 5) is 16.3. The van der Waals surface area contributed by atoms with Gasteiger partial charge in [0, 0.05) is 37.6 Å². The Bertz CT molecular complexity index is 788. The third-order valence-corrected chi connectivity index (χ3v) is 4.88. The van der Waals surface area contributed by atoms with E-state index in [1.54, 1.807) is 17.0 Å². The average molecular weight is 362 g/mol. The van der Waals surface area contributed by atoms with Crippen molar-refractivity contribution in [2.45, 2.75) is 13.8 Å². The number of amides is 2. The van der Waals surface area contributed by atoms with Crippen LogP contribution in [0, 0.1) is 19.7 Å². The summed E-state index contributed by atoms with van der Waals surface area (Å²) in [6.45, 7) is 6.64. The normalized spacial score (nSPS) is 14.6. The first-order chi connectivity index (χ1) is 11.9. The minimum atomic E-state index is -0.420. The van der Waals surface area contributed by atoms with E-state index in [0.29, 0.717) is 26.2 Å². The van der Waals surface area contributed by atoms with Crippen molar-refractivity contribution in [2.24, 2.45) is 0 Å². The average Bonchev–Trinajstić information content (AvgIpc) is 2.61. The summed E-state index contributed by atoms with van der Waals surface area (Å²) in [5.74, 6) is -0.420. The standard InChI is InChI=1S/C19H21ClFN3O/c1-13-3-4-15(11-14(13)2)22-19(25)24-9-7-23(8-10-24)16-5-6-18(21)17(20)12-16/h3-6,11-12H,7-10H2,1-2H3,(H,22,25). The smallest absolute Gasteiger partial charge is 0.321 e. The summed E-state index contributed by atoms with van der Waals surface area (Å²) < 4.78 is 13.3. The van der Waals surface area contributed by atoms with E-state index in [0.717, 1.165) is 16.9 Å². The van der Waals surface area contributed by atoms with Gasteiger partial charge in [0.1, 0.15) is 5.82 Å². The third-order valence-electron chi connectivity index (χ3n) is 4.59. The lowest BCUT2D eigenvalue weighted by Gasteiger charge is -2.36. The minimum absolute atomic E-state index is 0.0972. The SMILES string of the molecule is Cc1ccc(NC(=O)N2CCN(c3ccc(F)c(Cl)c3)CC2)cc1C. The molecular formula is C19H21ClFN3O. The molecule has 25 heavy (non-hydrogen) atoms. The molecule has 2 amide bonds. The van der Waals surface area contributed by atoms with E-state index < -0.39 is 5.82 Å². The summed E-state index contributed by atoms with van der Waals surface area (Å²) in [5.41, 5.74) is 4.03.